The van der Waals surface area contributed by atoms with Gasteiger partial charge in [0.05, 0.1) is 0 Å². The molecule has 2 rings (SSSR count). The van der Waals surface area contributed by atoms with Crippen molar-refractivity contribution in [3.05, 3.63) is 12.2 Å². The standard InChI is InChI=1S/C13H22N2O2/c1-3-15(4-2)9-17-13(16)14-12-8-10-5-6-11(12)7-10/h5-6,10-12H,3-4,7-9H2,1-2H3,(H,14,16). The molecule has 0 aromatic carbocycles. The van der Waals surface area contributed by atoms with E-state index in [1.807, 2.05) is 0 Å². The van der Waals surface area contributed by atoms with Crippen molar-refractivity contribution < 1.29 is 9.53 Å². The number of alkyl carbamates (subject to hydrolysis) is 1. The molecule has 1 fully saturated rings. The zero-order chi connectivity index (χ0) is 12.3. The Morgan fingerprint density at radius 1 is 1.35 bits per heavy atom. The van der Waals surface area contributed by atoms with E-state index in [1.54, 1.807) is 0 Å². The Morgan fingerprint density at radius 3 is 2.65 bits per heavy atom. The van der Waals surface area contributed by atoms with Crippen LogP contribution >= 0.6 is 0 Å². The second-order valence-electron chi connectivity index (χ2n) is 4.90. The molecule has 0 aromatic rings. The smallest absolute Gasteiger partial charge is 0.408 e. The van der Waals surface area contributed by atoms with Crippen LogP contribution in [0.3, 0.4) is 0 Å². The normalized spacial score (nSPS) is 29.9. The number of hydrogen-bond acceptors (Lipinski definition) is 3. The summed E-state index contributed by atoms with van der Waals surface area (Å²) >= 11 is 0. The molecule has 96 valence electrons. The van der Waals surface area contributed by atoms with Crippen LogP contribution in [0.1, 0.15) is 26.7 Å². The highest BCUT2D eigenvalue weighted by molar-refractivity contribution is 5.67. The van der Waals surface area contributed by atoms with Crippen LogP contribution in [0, 0.1) is 11.8 Å². The van der Waals surface area contributed by atoms with Crippen molar-refractivity contribution in [2.45, 2.75) is 32.7 Å². The van der Waals surface area contributed by atoms with E-state index >= 15 is 0 Å². The third-order valence-corrected chi connectivity index (χ3v) is 3.85. The summed E-state index contributed by atoms with van der Waals surface area (Å²) in [6.07, 6.45) is 6.48. The topological polar surface area (TPSA) is 41.6 Å². The number of ether oxygens (including phenoxy) is 1. The zero-order valence-corrected chi connectivity index (χ0v) is 10.7. The summed E-state index contributed by atoms with van der Waals surface area (Å²) in [4.78, 5) is 13.7. The average Bonchev–Trinajstić information content (AvgIpc) is 2.92. The maximum atomic E-state index is 11.6. The third-order valence-electron chi connectivity index (χ3n) is 3.85. The predicted molar refractivity (Wildman–Crippen MR) is 66.5 cm³/mol. The summed E-state index contributed by atoms with van der Waals surface area (Å²) in [5.41, 5.74) is 0. The van der Waals surface area contributed by atoms with E-state index in [1.165, 1.54) is 6.42 Å². The Kier molecular flexibility index (Phi) is 4.05. The van der Waals surface area contributed by atoms with E-state index in [2.05, 4.69) is 36.2 Å². The van der Waals surface area contributed by atoms with Gasteiger partial charge in [0.15, 0.2) is 0 Å². The van der Waals surface area contributed by atoms with Crippen molar-refractivity contribution in [3.63, 3.8) is 0 Å². The van der Waals surface area contributed by atoms with Crippen LogP contribution in [-0.4, -0.2) is 36.9 Å². The second-order valence-corrected chi connectivity index (χ2v) is 4.90. The van der Waals surface area contributed by atoms with Crippen molar-refractivity contribution in [3.8, 4) is 0 Å². The van der Waals surface area contributed by atoms with Crippen LogP contribution in [0.4, 0.5) is 4.79 Å². The molecule has 2 aliphatic rings. The quantitative estimate of drug-likeness (QED) is 0.588. The molecule has 4 heteroatoms. The van der Waals surface area contributed by atoms with Crippen molar-refractivity contribution >= 4 is 6.09 Å². The van der Waals surface area contributed by atoms with Gasteiger partial charge in [-0.3, -0.25) is 4.90 Å². The minimum Gasteiger partial charge on any atom is -0.433 e. The van der Waals surface area contributed by atoms with Crippen LogP contribution in [0.2, 0.25) is 0 Å². The first-order chi connectivity index (χ1) is 8.22. The third kappa shape index (κ3) is 3.00. The Balaban J connectivity index is 1.69. The molecule has 0 aliphatic heterocycles. The number of hydrogen-bond donors (Lipinski definition) is 1. The minimum atomic E-state index is -0.275. The first-order valence-corrected chi connectivity index (χ1v) is 6.56. The molecule has 1 saturated carbocycles. The average molecular weight is 238 g/mol. The molecular formula is C13H22N2O2. The van der Waals surface area contributed by atoms with Crippen LogP contribution in [-0.2, 0) is 4.74 Å². The van der Waals surface area contributed by atoms with Gasteiger partial charge < -0.3 is 10.1 Å². The van der Waals surface area contributed by atoms with E-state index in [4.69, 9.17) is 4.74 Å². The first kappa shape index (κ1) is 12.4. The highest BCUT2D eigenvalue weighted by atomic mass is 16.6. The number of fused-ring (bicyclic) bond motifs is 2. The van der Waals surface area contributed by atoms with Crippen LogP contribution in [0.5, 0.6) is 0 Å². The number of carbonyl (C=O) groups excluding carboxylic acids is 1. The Hall–Kier alpha value is -1.03. The lowest BCUT2D eigenvalue weighted by Gasteiger charge is -2.22. The fourth-order valence-electron chi connectivity index (χ4n) is 2.70. The van der Waals surface area contributed by atoms with Gasteiger partial charge in [-0.1, -0.05) is 26.0 Å². The van der Waals surface area contributed by atoms with E-state index in [9.17, 15) is 4.79 Å². The molecule has 2 aliphatic carbocycles. The Bertz CT molecular complexity index is 300. The number of nitrogens with one attached hydrogen (secondary N) is 1. The van der Waals surface area contributed by atoms with Crippen molar-refractivity contribution in [2.24, 2.45) is 11.8 Å². The molecule has 0 radical (unpaired) electrons. The fourth-order valence-corrected chi connectivity index (χ4v) is 2.70. The monoisotopic (exact) mass is 238 g/mol. The molecular weight excluding hydrogens is 216 g/mol. The molecule has 1 N–H and O–H groups in total. The number of rotatable bonds is 5. The summed E-state index contributed by atoms with van der Waals surface area (Å²) in [7, 11) is 0. The number of allylic oxidation sites excluding steroid dienone is 1. The lowest BCUT2D eigenvalue weighted by molar-refractivity contribution is 0.0718. The Morgan fingerprint density at radius 2 is 2.12 bits per heavy atom. The molecule has 2 bridgehead atoms. The van der Waals surface area contributed by atoms with E-state index < -0.39 is 0 Å². The highest BCUT2D eigenvalue weighted by Gasteiger charge is 2.36. The molecule has 3 atom stereocenters. The number of nitrogens with zero attached hydrogens (tertiary/aromatic N) is 1. The molecule has 0 heterocycles. The summed E-state index contributed by atoms with van der Waals surface area (Å²) in [5.74, 6) is 1.20. The molecule has 0 spiro atoms. The lowest BCUT2D eigenvalue weighted by Crippen LogP contribution is -2.39. The molecule has 1 amide bonds. The van der Waals surface area contributed by atoms with Crippen LogP contribution in [0.15, 0.2) is 12.2 Å². The SMILES string of the molecule is CCN(CC)COC(=O)NC1CC2C=CC1C2. The lowest BCUT2D eigenvalue weighted by atomic mass is 10.0. The Labute approximate surface area is 103 Å². The maximum absolute atomic E-state index is 11.6. The zero-order valence-electron chi connectivity index (χ0n) is 10.7. The molecule has 0 saturated heterocycles. The molecule has 17 heavy (non-hydrogen) atoms. The van der Waals surface area contributed by atoms with Gasteiger partial charge in [-0.15, -0.1) is 0 Å². The van der Waals surface area contributed by atoms with E-state index in [0.29, 0.717) is 18.6 Å². The summed E-state index contributed by atoms with van der Waals surface area (Å²) < 4.78 is 5.21. The van der Waals surface area contributed by atoms with Gasteiger partial charge in [0.25, 0.3) is 0 Å². The molecule has 3 unspecified atom stereocenters. The van der Waals surface area contributed by atoms with Gasteiger partial charge in [0.1, 0.15) is 6.73 Å². The number of carbonyl (C=O) groups is 1. The van der Waals surface area contributed by atoms with Gasteiger partial charge in [0.2, 0.25) is 0 Å². The van der Waals surface area contributed by atoms with Crippen LogP contribution < -0.4 is 5.32 Å². The molecule has 4 nitrogen and oxygen atoms in total. The fraction of sp³-hybridized carbons (Fsp3) is 0.769. The maximum Gasteiger partial charge on any atom is 0.408 e. The van der Waals surface area contributed by atoms with Gasteiger partial charge in [-0.05, 0) is 37.8 Å². The number of amides is 1. The van der Waals surface area contributed by atoms with Gasteiger partial charge in [0, 0.05) is 6.04 Å². The van der Waals surface area contributed by atoms with Crippen molar-refractivity contribution in [2.75, 3.05) is 19.8 Å². The largest absolute Gasteiger partial charge is 0.433 e. The van der Waals surface area contributed by atoms with Gasteiger partial charge in [-0.25, -0.2) is 4.79 Å². The van der Waals surface area contributed by atoms with E-state index in [0.717, 1.165) is 19.5 Å². The summed E-state index contributed by atoms with van der Waals surface area (Å²) in [5, 5.41) is 2.97. The summed E-state index contributed by atoms with van der Waals surface area (Å²) in [6.45, 7) is 6.31. The minimum absolute atomic E-state index is 0.275. The van der Waals surface area contributed by atoms with Crippen molar-refractivity contribution in [1.29, 1.82) is 0 Å². The second kappa shape index (κ2) is 5.54. The van der Waals surface area contributed by atoms with Gasteiger partial charge in [-0.2, -0.15) is 0 Å². The summed E-state index contributed by atoms with van der Waals surface area (Å²) in [6, 6.07) is 0.286. The highest BCUT2D eigenvalue weighted by Crippen LogP contribution is 2.38. The van der Waals surface area contributed by atoms with Gasteiger partial charge >= 0.3 is 6.09 Å². The van der Waals surface area contributed by atoms with Crippen LogP contribution in [0.25, 0.3) is 0 Å². The van der Waals surface area contributed by atoms with Crippen molar-refractivity contribution in [1.82, 2.24) is 10.2 Å². The molecule has 0 aromatic heterocycles. The first-order valence-electron chi connectivity index (χ1n) is 6.56. The van der Waals surface area contributed by atoms with E-state index in [-0.39, 0.29) is 12.1 Å². The predicted octanol–water partition coefficient (Wildman–Crippen LogP) is 1.98.